The lowest BCUT2D eigenvalue weighted by atomic mass is 9.91. The van der Waals surface area contributed by atoms with Crippen molar-refractivity contribution in [3.05, 3.63) is 12.2 Å². The molecule has 0 N–H and O–H groups in total. The molecule has 0 saturated carbocycles. The topological polar surface area (TPSA) is 17.1 Å². The molecule has 1 aliphatic rings. The van der Waals surface area contributed by atoms with Crippen molar-refractivity contribution in [1.29, 1.82) is 0 Å². The summed E-state index contributed by atoms with van der Waals surface area (Å²) in [7, 11) is 0. The SMILES string of the molecule is CC1C=CC(C=O)CC1. The molecule has 0 heterocycles. The summed E-state index contributed by atoms with van der Waals surface area (Å²) in [5.74, 6) is 0.891. The van der Waals surface area contributed by atoms with E-state index < -0.39 is 0 Å². The molecule has 0 aliphatic heterocycles. The Labute approximate surface area is 55.8 Å². The Bertz CT molecular complexity index is 127. The fourth-order valence-corrected chi connectivity index (χ4v) is 1.09. The van der Waals surface area contributed by atoms with Crippen LogP contribution in [0.25, 0.3) is 0 Å². The molecule has 0 fully saturated rings. The minimum Gasteiger partial charge on any atom is -0.303 e. The second-order valence-electron chi connectivity index (χ2n) is 2.74. The van der Waals surface area contributed by atoms with Crippen LogP contribution in [0.5, 0.6) is 0 Å². The zero-order valence-corrected chi connectivity index (χ0v) is 5.71. The van der Waals surface area contributed by atoms with Gasteiger partial charge in [0.05, 0.1) is 0 Å². The zero-order chi connectivity index (χ0) is 6.69. The average molecular weight is 124 g/mol. The van der Waals surface area contributed by atoms with Gasteiger partial charge in [0.2, 0.25) is 0 Å². The molecule has 2 atom stereocenters. The van der Waals surface area contributed by atoms with Crippen LogP contribution in [-0.2, 0) is 4.79 Å². The highest BCUT2D eigenvalue weighted by molar-refractivity contribution is 5.56. The van der Waals surface area contributed by atoms with Crippen LogP contribution in [0.1, 0.15) is 19.8 Å². The van der Waals surface area contributed by atoms with E-state index in [2.05, 4.69) is 13.0 Å². The summed E-state index contributed by atoms with van der Waals surface area (Å²) >= 11 is 0. The summed E-state index contributed by atoms with van der Waals surface area (Å²) in [4.78, 5) is 10.2. The Morgan fingerprint density at radius 2 is 2.22 bits per heavy atom. The maximum absolute atomic E-state index is 10.2. The van der Waals surface area contributed by atoms with Gasteiger partial charge in [-0.1, -0.05) is 19.1 Å². The normalized spacial score (nSPS) is 34.3. The number of carbonyl (C=O) groups excluding carboxylic acids is 1. The Hall–Kier alpha value is -0.590. The van der Waals surface area contributed by atoms with Crippen molar-refractivity contribution in [3.8, 4) is 0 Å². The van der Waals surface area contributed by atoms with Gasteiger partial charge in [0, 0.05) is 5.92 Å². The van der Waals surface area contributed by atoms with E-state index in [9.17, 15) is 4.79 Å². The fraction of sp³-hybridized carbons (Fsp3) is 0.625. The summed E-state index contributed by atoms with van der Waals surface area (Å²) in [6.07, 6.45) is 7.38. The molecule has 0 aromatic carbocycles. The molecule has 0 aromatic rings. The third kappa shape index (κ3) is 1.67. The van der Waals surface area contributed by atoms with Gasteiger partial charge in [-0.05, 0) is 18.8 Å². The second-order valence-corrected chi connectivity index (χ2v) is 2.74. The van der Waals surface area contributed by atoms with Gasteiger partial charge in [-0.2, -0.15) is 0 Å². The van der Waals surface area contributed by atoms with Crippen LogP contribution in [0, 0.1) is 11.8 Å². The summed E-state index contributed by atoms with van der Waals surface area (Å²) in [6, 6.07) is 0. The lowest BCUT2D eigenvalue weighted by Gasteiger charge is -2.14. The van der Waals surface area contributed by atoms with Gasteiger partial charge in [-0.3, -0.25) is 0 Å². The molecule has 0 amide bonds. The molecular formula is C8H12O. The number of hydrogen-bond donors (Lipinski definition) is 0. The molecule has 0 aromatic heterocycles. The number of hydrogen-bond acceptors (Lipinski definition) is 1. The Morgan fingerprint density at radius 1 is 1.44 bits per heavy atom. The van der Waals surface area contributed by atoms with Gasteiger partial charge in [0.1, 0.15) is 6.29 Å². The molecular weight excluding hydrogens is 112 g/mol. The third-order valence-corrected chi connectivity index (χ3v) is 1.82. The van der Waals surface area contributed by atoms with Crippen LogP contribution in [0.15, 0.2) is 12.2 Å². The van der Waals surface area contributed by atoms with Crippen molar-refractivity contribution in [2.45, 2.75) is 19.8 Å². The smallest absolute Gasteiger partial charge is 0.126 e. The quantitative estimate of drug-likeness (QED) is 0.384. The molecule has 1 nitrogen and oxygen atoms in total. The van der Waals surface area contributed by atoms with Crippen molar-refractivity contribution in [1.82, 2.24) is 0 Å². The highest BCUT2D eigenvalue weighted by Crippen LogP contribution is 2.19. The largest absolute Gasteiger partial charge is 0.303 e. The van der Waals surface area contributed by atoms with Crippen LogP contribution in [0.4, 0.5) is 0 Å². The van der Waals surface area contributed by atoms with E-state index in [1.54, 1.807) is 0 Å². The van der Waals surface area contributed by atoms with E-state index in [-0.39, 0.29) is 5.92 Å². The van der Waals surface area contributed by atoms with Crippen LogP contribution in [0.3, 0.4) is 0 Å². The van der Waals surface area contributed by atoms with E-state index >= 15 is 0 Å². The molecule has 1 rings (SSSR count). The number of allylic oxidation sites excluding steroid dienone is 2. The maximum atomic E-state index is 10.2. The third-order valence-electron chi connectivity index (χ3n) is 1.82. The average Bonchev–Trinajstić information content (AvgIpc) is 1.90. The molecule has 1 heteroatoms. The molecule has 0 bridgehead atoms. The predicted octanol–water partition coefficient (Wildman–Crippen LogP) is 1.79. The standard InChI is InChI=1S/C8H12O/c1-7-2-4-8(6-9)5-3-7/h2,4,6-8H,3,5H2,1H3. The summed E-state index contributed by atoms with van der Waals surface area (Å²) in [5, 5.41) is 0. The Balaban J connectivity index is 2.47. The first-order valence-electron chi connectivity index (χ1n) is 3.46. The Morgan fingerprint density at radius 3 is 2.67 bits per heavy atom. The second kappa shape index (κ2) is 2.81. The van der Waals surface area contributed by atoms with Crippen molar-refractivity contribution >= 4 is 6.29 Å². The van der Waals surface area contributed by atoms with E-state index in [1.807, 2.05) is 6.08 Å². The fourth-order valence-electron chi connectivity index (χ4n) is 1.09. The molecule has 0 spiro atoms. The Kier molecular flexibility index (Phi) is 2.04. The summed E-state index contributed by atoms with van der Waals surface area (Å²) in [6.45, 7) is 2.18. The molecule has 0 radical (unpaired) electrons. The molecule has 9 heavy (non-hydrogen) atoms. The number of rotatable bonds is 1. The molecule has 2 unspecified atom stereocenters. The predicted molar refractivity (Wildman–Crippen MR) is 37.1 cm³/mol. The maximum Gasteiger partial charge on any atom is 0.126 e. The van der Waals surface area contributed by atoms with Gasteiger partial charge in [-0.25, -0.2) is 0 Å². The number of aldehydes is 1. The van der Waals surface area contributed by atoms with Gasteiger partial charge < -0.3 is 4.79 Å². The van der Waals surface area contributed by atoms with Crippen molar-refractivity contribution < 1.29 is 4.79 Å². The molecule has 0 saturated heterocycles. The minimum atomic E-state index is 0.209. The first-order valence-corrected chi connectivity index (χ1v) is 3.46. The van der Waals surface area contributed by atoms with E-state index in [0.29, 0.717) is 5.92 Å². The van der Waals surface area contributed by atoms with Crippen LogP contribution >= 0.6 is 0 Å². The lowest BCUT2D eigenvalue weighted by molar-refractivity contribution is -0.110. The van der Waals surface area contributed by atoms with E-state index in [1.165, 1.54) is 6.42 Å². The number of carbonyl (C=O) groups is 1. The van der Waals surface area contributed by atoms with E-state index in [0.717, 1.165) is 12.7 Å². The highest BCUT2D eigenvalue weighted by Gasteiger charge is 2.10. The summed E-state index contributed by atoms with van der Waals surface area (Å²) in [5.41, 5.74) is 0. The lowest BCUT2D eigenvalue weighted by Crippen LogP contribution is -2.06. The van der Waals surface area contributed by atoms with Gasteiger partial charge >= 0.3 is 0 Å². The summed E-state index contributed by atoms with van der Waals surface area (Å²) < 4.78 is 0. The van der Waals surface area contributed by atoms with Crippen LogP contribution < -0.4 is 0 Å². The molecule has 50 valence electrons. The minimum absolute atomic E-state index is 0.209. The van der Waals surface area contributed by atoms with Gasteiger partial charge in [0.25, 0.3) is 0 Å². The van der Waals surface area contributed by atoms with Crippen LogP contribution in [-0.4, -0.2) is 6.29 Å². The van der Waals surface area contributed by atoms with Crippen molar-refractivity contribution in [2.24, 2.45) is 11.8 Å². The molecule has 1 aliphatic carbocycles. The zero-order valence-electron chi connectivity index (χ0n) is 5.71. The van der Waals surface area contributed by atoms with Crippen LogP contribution in [0.2, 0.25) is 0 Å². The highest BCUT2D eigenvalue weighted by atomic mass is 16.1. The van der Waals surface area contributed by atoms with Crippen molar-refractivity contribution in [2.75, 3.05) is 0 Å². The van der Waals surface area contributed by atoms with E-state index in [4.69, 9.17) is 0 Å². The first kappa shape index (κ1) is 6.53. The monoisotopic (exact) mass is 124 g/mol. The first-order chi connectivity index (χ1) is 4.33. The van der Waals surface area contributed by atoms with Crippen molar-refractivity contribution in [3.63, 3.8) is 0 Å². The van der Waals surface area contributed by atoms with Gasteiger partial charge in [0.15, 0.2) is 0 Å². The van der Waals surface area contributed by atoms with Gasteiger partial charge in [-0.15, -0.1) is 0 Å².